The molecule has 0 aromatic heterocycles. The molecule has 0 radical (unpaired) electrons. The molecule has 0 aliphatic rings. The van der Waals surface area contributed by atoms with E-state index < -0.39 is 0 Å². The Kier molecular flexibility index (Phi) is 20.4. The average Bonchev–Trinajstić information content (AvgIpc) is 2.69. The van der Waals surface area contributed by atoms with Gasteiger partial charge in [0, 0.05) is 0 Å². The third-order valence-corrected chi connectivity index (χ3v) is 5.46. The van der Waals surface area contributed by atoms with Crippen LogP contribution < -0.4 is 0 Å². The number of ether oxygens (including phenoxy) is 1. The molecule has 0 aromatic carbocycles. The van der Waals surface area contributed by atoms with Crippen molar-refractivity contribution in [3.63, 3.8) is 0 Å². The van der Waals surface area contributed by atoms with Crippen LogP contribution in [0.15, 0.2) is 25.3 Å². The molecule has 2 heteroatoms. The van der Waals surface area contributed by atoms with Gasteiger partial charge in [-0.2, -0.15) is 0 Å². The first kappa shape index (κ1) is 26.0. The fourth-order valence-corrected chi connectivity index (χ4v) is 3.67. The minimum absolute atomic E-state index is 0.00356. The molecule has 27 heavy (non-hydrogen) atoms. The van der Waals surface area contributed by atoms with Crippen molar-refractivity contribution >= 4 is 5.97 Å². The largest absolute Gasteiger partial charge is 0.469 e. The van der Waals surface area contributed by atoms with Crippen LogP contribution in [-0.4, -0.2) is 13.1 Å². The van der Waals surface area contributed by atoms with E-state index in [1.807, 2.05) is 12.2 Å². The normalized spacial score (nSPS) is 10.9. The summed E-state index contributed by atoms with van der Waals surface area (Å²) in [5.41, 5.74) is 0. The third kappa shape index (κ3) is 18.1. The Labute approximate surface area is 169 Å². The lowest BCUT2D eigenvalue weighted by atomic mass is 9.94. The van der Waals surface area contributed by atoms with E-state index in [1.165, 1.54) is 84.2 Å². The second-order valence-electron chi connectivity index (χ2n) is 7.90. The Morgan fingerprint density at radius 1 is 0.667 bits per heavy atom. The van der Waals surface area contributed by atoms with Crippen LogP contribution in [0.5, 0.6) is 0 Å². The van der Waals surface area contributed by atoms with E-state index in [-0.39, 0.29) is 11.9 Å². The van der Waals surface area contributed by atoms with Gasteiger partial charge in [-0.1, -0.05) is 89.2 Å². The number of hydrogen-bond acceptors (Lipinski definition) is 2. The topological polar surface area (TPSA) is 26.3 Å². The quantitative estimate of drug-likeness (QED) is 0.114. The van der Waals surface area contributed by atoms with Crippen molar-refractivity contribution in [1.82, 2.24) is 0 Å². The van der Waals surface area contributed by atoms with E-state index >= 15 is 0 Å². The second kappa shape index (κ2) is 21.3. The highest BCUT2D eigenvalue weighted by molar-refractivity contribution is 5.72. The lowest BCUT2D eigenvalue weighted by Crippen LogP contribution is -2.16. The fourth-order valence-electron chi connectivity index (χ4n) is 3.67. The van der Waals surface area contributed by atoms with Gasteiger partial charge in [0.05, 0.1) is 13.0 Å². The van der Waals surface area contributed by atoms with Gasteiger partial charge in [-0.15, -0.1) is 13.2 Å². The number of carbonyl (C=O) groups is 1. The molecule has 0 N–H and O–H groups in total. The summed E-state index contributed by atoms with van der Waals surface area (Å²) in [6.07, 6.45) is 26.3. The molecule has 2 nitrogen and oxygen atoms in total. The van der Waals surface area contributed by atoms with E-state index in [0.717, 1.165) is 38.5 Å². The van der Waals surface area contributed by atoms with Gasteiger partial charge in [0.15, 0.2) is 0 Å². The van der Waals surface area contributed by atoms with Crippen LogP contribution in [0, 0.1) is 5.92 Å². The number of carbonyl (C=O) groups excluding carboxylic acids is 1. The van der Waals surface area contributed by atoms with Crippen molar-refractivity contribution in [3.8, 4) is 0 Å². The molecule has 0 unspecified atom stereocenters. The zero-order valence-corrected chi connectivity index (χ0v) is 18.2. The van der Waals surface area contributed by atoms with Crippen molar-refractivity contribution in [2.75, 3.05) is 7.11 Å². The van der Waals surface area contributed by atoms with Crippen LogP contribution in [0.25, 0.3) is 0 Å². The predicted molar refractivity (Wildman–Crippen MR) is 119 cm³/mol. The summed E-state index contributed by atoms with van der Waals surface area (Å²) in [6, 6.07) is 0. The van der Waals surface area contributed by atoms with Crippen molar-refractivity contribution in [1.29, 1.82) is 0 Å². The summed E-state index contributed by atoms with van der Waals surface area (Å²) in [7, 11) is 1.53. The number of rotatable bonds is 21. The van der Waals surface area contributed by atoms with Gasteiger partial charge in [-0.25, -0.2) is 0 Å². The molecule has 0 aliphatic heterocycles. The average molecular weight is 379 g/mol. The van der Waals surface area contributed by atoms with Gasteiger partial charge < -0.3 is 4.74 Å². The Bertz CT molecular complexity index is 322. The SMILES string of the molecule is C=CCCCCCCCCCC(CCCCCCCCCC=C)C(=O)OC. The first-order valence-corrected chi connectivity index (χ1v) is 11.6. The fraction of sp³-hybridized carbons (Fsp3) is 0.800. The van der Waals surface area contributed by atoms with Crippen LogP contribution in [0.4, 0.5) is 0 Å². The monoisotopic (exact) mass is 378 g/mol. The summed E-state index contributed by atoms with van der Waals surface area (Å²) in [6.45, 7) is 7.53. The van der Waals surface area contributed by atoms with Gasteiger partial charge >= 0.3 is 5.97 Å². The molecule has 0 heterocycles. The Morgan fingerprint density at radius 3 is 1.33 bits per heavy atom. The summed E-state index contributed by atoms with van der Waals surface area (Å²) in [5.74, 6) is 0.124. The smallest absolute Gasteiger partial charge is 0.308 e. The standard InChI is InChI=1S/C25H46O2/c1-4-6-8-10-12-14-16-18-20-22-24(25(26)27-3)23-21-19-17-15-13-11-9-7-5-2/h4-5,24H,1-2,6-23H2,3H3. The molecule has 0 fully saturated rings. The lowest BCUT2D eigenvalue weighted by molar-refractivity contribution is -0.146. The zero-order chi connectivity index (χ0) is 20.0. The molecule has 0 rings (SSSR count). The number of esters is 1. The Balaban J connectivity index is 3.64. The molecular formula is C25H46O2. The summed E-state index contributed by atoms with van der Waals surface area (Å²) in [5, 5.41) is 0. The molecule has 0 amide bonds. The van der Waals surface area contributed by atoms with Crippen molar-refractivity contribution in [2.24, 2.45) is 5.92 Å². The van der Waals surface area contributed by atoms with Crippen LogP contribution >= 0.6 is 0 Å². The minimum Gasteiger partial charge on any atom is -0.469 e. The van der Waals surface area contributed by atoms with Crippen molar-refractivity contribution in [3.05, 3.63) is 25.3 Å². The first-order chi connectivity index (χ1) is 13.3. The van der Waals surface area contributed by atoms with Gasteiger partial charge in [0.2, 0.25) is 0 Å². The maximum absolute atomic E-state index is 12.0. The molecule has 0 aromatic rings. The van der Waals surface area contributed by atoms with E-state index in [4.69, 9.17) is 4.74 Å². The van der Waals surface area contributed by atoms with Crippen LogP contribution in [-0.2, 0) is 9.53 Å². The molecule has 158 valence electrons. The third-order valence-electron chi connectivity index (χ3n) is 5.46. The number of methoxy groups -OCH3 is 1. The van der Waals surface area contributed by atoms with E-state index in [9.17, 15) is 4.79 Å². The molecular weight excluding hydrogens is 332 g/mol. The van der Waals surface area contributed by atoms with E-state index in [0.29, 0.717) is 0 Å². The molecule has 0 aliphatic carbocycles. The number of hydrogen-bond donors (Lipinski definition) is 0. The molecule has 0 atom stereocenters. The van der Waals surface area contributed by atoms with Crippen LogP contribution in [0.3, 0.4) is 0 Å². The maximum Gasteiger partial charge on any atom is 0.308 e. The molecule has 0 saturated carbocycles. The number of allylic oxidation sites excluding steroid dienone is 2. The van der Waals surface area contributed by atoms with Gasteiger partial charge in [0.25, 0.3) is 0 Å². The van der Waals surface area contributed by atoms with E-state index in [2.05, 4.69) is 13.2 Å². The zero-order valence-electron chi connectivity index (χ0n) is 18.2. The summed E-state index contributed by atoms with van der Waals surface area (Å²) < 4.78 is 5.02. The van der Waals surface area contributed by atoms with Crippen LogP contribution in [0.2, 0.25) is 0 Å². The van der Waals surface area contributed by atoms with Crippen molar-refractivity contribution < 1.29 is 9.53 Å². The van der Waals surface area contributed by atoms with E-state index in [1.54, 1.807) is 0 Å². The van der Waals surface area contributed by atoms with Crippen LogP contribution in [0.1, 0.15) is 116 Å². The Hall–Kier alpha value is -1.05. The van der Waals surface area contributed by atoms with Gasteiger partial charge in [-0.05, 0) is 38.5 Å². The molecule has 0 spiro atoms. The minimum atomic E-state index is 0.00356. The first-order valence-electron chi connectivity index (χ1n) is 11.6. The molecule has 0 bridgehead atoms. The number of unbranched alkanes of at least 4 members (excludes halogenated alkanes) is 14. The summed E-state index contributed by atoms with van der Waals surface area (Å²) in [4.78, 5) is 12.0. The Morgan fingerprint density at radius 2 is 1.00 bits per heavy atom. The highest BCUT2D eigenvalue weighted by atomic mass is 16.5. The maximum atomic E-state index is 12.0. The molecule has 0 saturated heterocycles. The highest BCUT2D eigenvalue weighted by Crippen LogP contribution is 2.20. The lowest BCUT2D eigenvalue weighted by Gasteiger charge is -2.14. The second-order valence-corrected chi connectivity index (χ2v) is 7.90. The highest BCUT2D eigenvalue weighted by Gasteiger charge is 2.17. The van der Waals surface area contributed by atoms with Gasteiger partial charge in [-0.3, -0.25) is 4.79 Å². The van der Waals surface area contributed by atoms with Crippen molar-refractivity contribution in [2.45, 2.75) is 116 Å². The predicted octanol–water partition coefficient (Wildman–Crippen LogP) is 8.17. The van der Waals surface area contributed by atoms with Gasteiger partial charge in [0.1, 0.15) is 0 Å². The summed E-state index contributed by atoms with van der Waals surface area (Å²) >= 11 is 0.